The molecule has 0 aliphatic carbocycles. The Hall–Kier alpha value is -2.50. The predicted molar refractivity (Wildman–Crippen MR) is 59.9 cm³/mol. The molecule has 1 N–H and O–H groups in total. The first kappa shape index (κ1) is 12.6. The van der Waals surface area contributed by atoms with Crippen molar-refractivity contribution in [1.82, 2.24) is 0 Å². The van der Waals surface area contributed by atoms with Crippen molar-refractivity contribution in [2.45, 2.75) is 6.92 Å². The molecule has 0 saturated carbocycles. The van der Waals surface area contributed by atoms with E-state index in [1.165, 1.54) is 12.1 Å². The van der Waals surface area contributed by atoms with E-state index in [1.807, 2.05) is 0 Å². The van der Waals surface area contributed by atoms with Crippen LogP contribution in [0.5, 0.6) is 0 Å². The lowest BCUT2D eigenvalue weighted by molar-refractivity contribution is -0.385. The number of aldehydes is 1. The van der Waals surface area contributed by atoms with Gasteiger partial charge in [-0.05, 0) is 24.6 Å². The SMILES string of the molecule is Cc1cc([N+](=O)[O-])c(/C=C/C(=O)O)cc1C=O. The lowest BCUT2D eigenvalue weighted by Crippen LogP contribution is -1.97. The van der Waals surface area contributed by atoms with Crippen LogP contribution in [0.2, 0.25) is 0 Å². The van der Waals surface area contributed by atoms with Crippen LogP contribution >= 0.6 is 0 Å². The fraction of sp³-hybridized carbons (Fsp3) is 0.0909. The summed E-state index contributed by atoms with van der Waals surface area (Å²) in [5.41, 5.74) is 0.621. The lowest BCUT2D eigenvalue weighted by atomic mass is 10.0. The number of carboxylic acid groups (broad SMARTS) is 1. The highest BCUT2D eigenvalue weighted by atomic mass is 16.6. The molecule has 0 aliphatic heterocycles. The average molecular weight is 235 g/mol. The third-order valence-corrected chi connectivity index (χ3v) is 2.14. The molecule has 6 heteroatoms. The monoisotopic (exact) mass is 235 g/mol. The number of aliphatic carboxylic acids is 1. The van der Waals surface area contributed by atoms with Crippen molar-refractivity contribution in [2.24, 2.45) is 0 Å². The third kappa shape index (κ3) is 2.97. The van der Waals surface area contributed by atoms with Crippen molar-refractivity contribution in [2.75, 3.05) is 0 Å². The zero-order valence-electron chi connectivity index (χ0n) is 8.91. The largest absolute Gasteiger partial charge is 0.478 e. The number of nitro benzene ring substituents is 1. The minimum Gasteiger partial charge on any atom is -0.478 e. The lowest BCUT2D eigenvalue weighted by Gasteiger charge is -2.02. The molecule has 1 aromatic rings. The number of aryl methyl sites for hydroxylation is 1. The summed E-state index contributed by atoms with van der Waals surface area (Å²) in [5, 5.41) is 19.2. The normalized spacial score (nSPS) is 10.4. The Morgan fingerprint density at radius 3 is 2.53 bits per heavy atom. The van der Waals surface area contributed by atoms with Crippen LogP contribution in [0, 0.1) is 17.0 Å². The van der Waals surface area contributed by atoms with Crippen molar-refractivity contribution in [3.63, 3.8) is 0 Å². The standard InChI is InChI=1S/C11H9NO5/c1-7-4-10(12(16)17)8(2-3-11(14)15)5-9(7)6-13/h2-6H,1H3,(H,14,15)/b3-2+. The molecule has 0 fully saturated rings. The Balaban J connectivity index is 3.38. The minimum absolute atomic E-state index is 0.0881. The first-order valence-corrected chi connectivity index (χ1v) is 4.61. The molecule has 0 aromatic heterocycles. The molecule has 6 nitrogen and oxygen atoms in total. The summed E-state index contributed by atoms with van der Waals surface area (Å²) in [6.45, 7) is 1.57. The van der Waals surface area contributed by atoms with Gasteiger partial charge >= 0.3 is 5.97 Å². The van der Waals surface area contributed by atoms with Crippen molar-refractivity contribution in [3.8, 4) is 0 Å². The van der Waals surface area contributed by atoms with Gasteiger partial charge in [-0.25, -0.2) is 4.79 Å². The maximum absolute atomic E-state index is 10.8. The molecule has 0 bridgehead atoms. The summed E-state index contributed by atoms with van der Waals surface area (Å²) in [7, 11) is 0. The Labute approximate surface area is 96.3 Å². The summed E-state index contributed by atoms with van der Waals surface area (Å²) in [6, 6.07) is 2.53. The number of carbonyl (C=O) groups excluding carboxylic acids is 1. The second kappa shape index (κ2) is 5.02. The van der Waals surface area contributed by atoms with Crippen LogP contribution in [0.15, 0.2) is 18.2 Å². The highest BCUT2D eigenvalue weighted by Gasteiger charge is 2.14. The summed E-state index contributed by atoms with van der Waals surface area (Å²) in [4.78, 5) is 31.2. The average Bonchev–Trinajstić information content (AvgIpc) is 2.26. The number of nitro groups is 1. The van der Waals surface area contributed by atoms with Crippen molar-refractivity contribution >= 4 is 24.0 Å². The Bertz CT molecular complexity index is 519. The molecule has 0 aliphatic rings. The number of hydrogen-bond acceptors (Lipinski definition) is 4. The summed E-state index contributed by atoms with van der Waals surface area (Å²) in [5.74, 6) is -1.22. The molecular weight excluding hydrogens is 226 g/mol. The van der Waals surface area contributed by atoms with Gasteiger partial charge in [0.25, 0.3) is 5.69 Å². The van der Waals surface area contributed by atoms with Gasteiger partial charge in [0, 0.05) is 17.7 Å². The molecule has 1 rings (SSSR count). The molecule has 0 spiro atoms. The summed E-state index contributed by atoms with van der Waals surface area (Å²) < 4.78 is 0. The molecule has 0 saturated heterocycles. The van der Waals surface area contributed by atoms with Crippen LogP contribution in [0.25, 0.3) is 6.08 Å². The quantitative estimate of drug-likeness (QED) is 0.371. The summed E-state index contributed by atoms with van der Waals surface area (Å²) >= 11 is 0. The van der Waals surface area contributed by atoms with Crippen LogP contribution in [0.4, 0.5) is 5.69 Å². The van der Waals surface area contributed by atoms with Gasteiger partial charge in [-0.15, -0.1) is 0 Å². The van der Waals surface area contributed by atoms with E-state index in [1.54, 1.807) is 6.92 Å². The van der Waals surface area contributed by atoms with Gasteiger partial charge in [0.2, 0.25) is 0 Å². The van der Waals surface area contributed by atoms with E-state index in [2.05, 4.69) is 0 Å². The zero-order valence-corrected chi connectivity index (χ0v) is 8.91. The molecule has 17 heavy (non-hydrogen) atoms. The Morgan fingerprint density at radius 2 is 2.06 bits per heavy atom. The number of benzene rings is 1. The second-order valence-corrected chi connectivity index (χ2v) is 3.31. The van der Waals surface area contributed by atoms with Gasteiger partial charge in [-0.1, -0.05) is 0 Å². The molecule has 0 amide bonds. The molecule has 0 unspecified atom stereocenters. The van der Waals surface area contributed by atoms with E-state index < -0.39 is 10.9 Å². The first-order valence-electron chi connectivity index (χ1n) is 4.61. The Morgan fingerprint density at radius 1 is 1.41 bits per heavy atom. The Kier molecular flexibility index (Phi) is 3.71. The van der Waals surface area contributed by atoms with E-state index in [0.717, 1.165) is 12.2 Å². The van der Waals surface area contributed by atoms with Crippen LogP contribution in [0.3, 0.4) is 0 Å². The van der Waals surface area contributed by atoms with Crippen LogP contribution < -0.4 is 0 Å². The fourth-order valence-electron chi connectivity index (χ4n) is 1.31. The van der Waals surface area contributed by atoms with Crippen molar-refractivity contribution in [1.29, 1.82) is 0 Å². The minimum atomic E-state index is -1.22. The molecule has 88 valence electrons. The number of rotatable bonds is 4. The van der Waals surface area contributed by atoms with Gasteiger partial charge in [0.15, 0.2) is 0 Å². The smallest absolute Gasteiger partial charge is 0.328 e. The van der Waals surface area contributed by atoms with Crippen LogP contribution in [-0.2, 0) is 4.79 Å². The van der Waals surface area contributed by atoms with E-state index in [-0.39, 0.29) is 11.3 Å². The molecule has 1 aromatic carbocycles. The molecule has 0 radical (unpaired) electrons. The maximum atomic E-state index is 10.8. The van der Waals surface area contributed by atoms with E-state index in [0.29, 0.717) is 17.4 Å². The number of hydrogen-bond donors (Lipinski definition) is 1. The summed E-state index contributed by atoms with van der Waals surface area (Å²) in [6.07, 6.45) is 2.44. The van der Waals surface area contributed by atoms with E-state index >= 15 is 0 Å². The number of carbonyl (C=O) groups is 2. The van der Waals surface area contributed by atoms with Crippen molar-refractivity contribution in [3.05, 3.63) is 45.0 Å². The highest BCUT2D eigenvalue weighted by Crippen LogP contribution is 2.23. The van der Waals surface area contributed by atoms with E-state index in [4.69, 9.17) is 5.11 Å². The van der Waals surface area contributed by atoms with Crippen LogP contribution in [0.1, 0.15) is 21.5 Å². The molecule has 0 heterocycles. The van der Waals surface area contributed by atoms with Gasteiger partial charge in [0.05, 0.1) is 10.5 Å². The maximum Gasteiger partial charge on any atom is 0.328 e. The number of carboxylic acids is 1. The fourth-order valence-corrected chi connectivity index (χ4v) is 1.31. The van der Waals surface area contributed by atoms with Gasteiger partial charge in [0.1, 0.15) is 6.29 Å². The highest BCUT2D eigenvalue weighted by molar-refractivity contribution is 5.88. The van der Waals surface area contributed by atoms with E-state index in [9.17, 15) is 19.7 Å². The zero-order chi connectivity index (χ0) is 13.0. The first-order chi connectivity index (χ1) is 7.95. The molecular formula is C11H9NO5. The van der Waals surface area contributed by atoms with Crippen molar-refractivity contribution < 1.29 is 19.6 Å². The predicted octanol–water partition coefficient (Wildman–Crippen LogP) is 1.81. The van der Waals surface area contributed by atoms with Gasteiger partial charge in [-0.3, -0.25) is 14.9 Å². The topological polar surface area (TPSA) is 97.5 Å². The van der Waals surface area contributed by atoms with Gasteiger partial charge < -0.3 is 5.11 Å². The molecule has 0 atom stereocenters. The number of nitrogens with zero attached hydrogens (tertiary/aromatic N) is 1. The third-order valence-electron chi connectivity index (χ3n) is 2.14. The second-order valence-electron chi connectivity index (χ2n) is 3.31. The van der Waals surface area contributed by atoms with Gasteiger partial charge in [-0.2, -0.15) is 0 Å². The van der Waals surface area contributed by atoms with Crippen LogP contribution in [-0.4, -0.2) is 22.3 Å².